The molecule has 1 fully saturated rings. The number of thiophene rings is 1. The monoisotopic (exact) mass is 360 g/mol. The second-order valence-corrected chi connectivity index (χ2v) is 7.21. The number of carbonyl (C=O) groups is 1. The third-order valence-electron chi connectivity index (χ3n) is 4.39. The van der Waals surface area contributed by atoms with Crippen molar-refractivity contribution in [2.75, 3.05) is 32.7 Å². The minimum atomic E-state index is -0.495. The van der Waals surface area contributed by atoms with Crippen molar-refractivity contribution in [1.29, 1.82) is 0 Å². The second kappa shape index (κ2) is 8.47. The van der Waals surface area contributed by atoms with Gasteiger partial charge in [-0.3, -0.25) is 9.69 Å². The van der Waals surface area contributed by atoms with Crippen molar-refractivity contribution in [3.05, 3.63) is 52.7 Å². The van der Waals surface area contributed by atoms with Crippen LogP contribution < -0.4 is 4.74 Å². The van der Waals surface area contributed by atoms with Gasteiger partial charge in [0.15, 0.2) is 6.10 Å². The molecule has 1 aliphatic heterocycles. The molecule has 3 rings (SSSR count). The standard InChI is InChI=1S/C19H24N2O3S/c1-15(24-16-6-3-2-4-7-16)19(23)21-11-9-20(10-12-21)14-17(22)18-8-5-13-25-18/h2-8,13,15,17,22H,9-12,14H2,1H3. The van der Waals surface area contributed by atoms with E-state index in [4.69, 9.17) is 4.74 Å². The van der Waals surface area contributed by atoms with E-state index in [0.29, 0.717) is 25.4 Å². The van der Waals surface area contributed by atoms with E-state index in [0.717, 1.165) is 18.0 Å². The molecular formula is C19H24N2O3S. The molecule has 2 aromatic rings. The average Bonchev–Trinajstić information content (AvgIpc) is 3.17. The van der Waals surface area contributed by atoms with Gasteiger partial charge < -0.3 is 14.7 Å². The van der Waals surface area contributed by atoms with Gasteiger partial charge in [0.05, 0.1) is 0 Å². The number of amides is 1. The first-order chi connectivity index (χ1) is 12.1. The van der Waals surface area contributed by atoms with Crippen LogP contribution in [0, 0.1) is 0 Å². The van der Waals surface area contributed by atoms with Gasteiger partial charge in [0.2, 0.25) is 0 Å². The number of β-amino-alcohol motifs (C(OH)–C–C–N with tert-alkyl or cyclic N) is 1. The van der Waals surface area contributed by atoms with Gasteiger partial charge >= 0.3 is 0 Å². The molecule has 0 saturated carbocycles. The lowest BCUT2D eigenvalue weighted by molar-refractivity contribution is -0.139. The number of carbonyl (C=O) groups excluding carboxylic acids is 1. The Hall–Kier alpha value is -1.89. The number of aliphatic hydroxyl groups is 1. The maximum atomic E-state index is 12.6. The highest BCUT2D eigenvalue weighted by Crippen LogP contribution is 2.20. The zero-order valence-electron chi connectivity index (χ0n) is 14.4. The predicted octanol–water partition coefficient (Wildman–Crippen LogP) is 2.39. The lowest BCUT2D eigenvalue weighted by Gasteiger charge is -2.36. The molecular weight excluding hydrogens is 336 g/mol. The minimum absolute atomic E-state index is 0.0160. The van der Waals surface area contributed by atoms with Crippen molar-refractivity contribution in [2.45, 2.75) is 19.1 Å². The number of aliphatic hydroxyl groups excluding tert-OH is 1. The Morgan fingerprint density at radius 2 is 1.88 bits per heavy atom. The molecule has 0 aliphatic carbocycles. The second-order valence-electron chi connectivity index (χ2n) is 6.23. The number of ether oxygens (including phenoxy) is 1. The summed E-state index contributed by atoms with van der Waals surface area (Å²) in [4.78, 5) is 17.6. The quantitative estimate of drug-likeness (QED) is 0.859. The highest BCUT2D eigenvalue weighted by molar-refractivity contribution is 7.10. The summed E-state index contributed by atoms with van der Waals surface area (Å²) < 4.78 is 5.73. The van der Waals surface area contributed by atoms with Crippen LogP contribution in [0.3, 0.4) is 0 Å². The van der Waals surface area contributed by atoms with Crippen LogP contribution in [0.4, 0.5) is 0 Å². The van der Waals surface area contributed by atoms with Gasteiger partial charge in [0, 0.05) is 37.6 Å². The van der Waals surface area contributed by atoms with Gasteiger partial charge in [-0.25, -0.2) is 0 Å². The van der Waals surface area contributed by atoms with E-state index in [1.54, 1.807) is 18.3 Å². The summed E-state index contributed by atoms with van der Waals surface area (Å²) in [5.41, 5.74) is 0. The van der Waals surface area contributed by atoms with Crippen LogP contribution in [0.2, 0.25) is 0 Å². The molecule has 2 heterocycles. The van der Waals surface area contributed by atoms with Crippen molar-refractivity contribution >= 4 is 17.2 Å². The number of hydrogen-bond donors (Lipinski definition) is 1. The number of nitrogens with zero attached hydrogens (tertiary/aromatic N) is 2. The highest BCUT2D eigenvalue weighted by Gasteiger charge is 2.27. The third-order valence-corrected chi connectivity index (χ3v) is 5.36. The lowest BCUT2D eigenvalue weighted by Crippen LogP contribution is -2.52. The van der Waals surface area contributed by atoms with E-state index in [2.05, 4.69) is 4.90 Å². The van der Waals surface area contributed by atoms with E-state index in [-0.39, 0.29) is 5.91 Å². The van der Waals surface area contributed by atoms with E-state index in [1.165, 1.54) is 0 Å². The highest BCUT2D eigenvalue weighted by atomic mass is 32.1. The van der Waals surface area contributed by atoms with Crippen LogP contribution in [0.5, 0.6) is 5.75 Å². The molecule has 6 heteroatoms. The molecule has 2 unspecified atom stereocenters. The van der Waals surface area contributed by atoms with Gasteiger partial charge in [-0.2, -0.15) is 0 Å². The SMILES string of the molecule is CC(Oc1ccccc1)C(=O)N1CCN(CC(O)c2cccs2)CC1. The van der Waals surface area contributed by atoms with Crippen molar-refractivity contribution < 1.29 is 14.6 Å². The Balaban J connectivity index is 1.45. The Morgan fingerprint density at radius 1 is 1.16 bits per heavy atom. The van der Waals surface area contributed by atoms with E-state index >= 15 is 0 Å². The molecule has 0 radical (unpaired) electrons. The lowest BCUT2D eigenvalue weighted by atomic mass is 10.2. The first-order valence-electron chi connectivity index (χ1n) is 8.58. The van der Waals surface area contributed by atoms with Crippen LogP contribution in [-0.2, 0) is 4.79 Å². The molecule has 1 aromatic heterocycles. The Morgan fingerprint density at radius 3 is 2.52 bits per heavy atom. The number of piperazine rings is 1. The fourth-order valence-electron chi connectivity index (χ4n) is 2.98. The van der Waals surface area contributed by atoms with Gasteiger partial charge in [-0.15, -0.1) is 11.3 Å². The van der Waals surface area contributed by atoms with Gasteiger partial charge in [-0.05, 0) is 30.5 Å². The molecule has 0 spiro atoms. The van der Waals surface area contributed by atoms with Gasteiger partial charge in [0.25, 0.3) is 5.91 Å². The topological polar surface area (TPSA) is 53.0 Å². The molecule has 134 valence electrons. The molecule has 1 N–H and O–H groups in total. The van der Waals surface area contributed by atoms with Crippen molar-refractivity contribution in [3.8, 4) is 5.75 Å². The number of benzene rings is 1. The molecule has 1 amide bonds. The zero-order valence-corrected chi connectivity index (χ0v) is 15.2. The molecule has 2 atom stereocenters. The zero-order chi connectivity index (χ0) is 17.6. The molecule has 25 heavy (non-hydrogen) atoms. The van der Waals surface area contributed by atoms with Crippen LogP contribution in [-0.4, -0.2) is 59.6 Å². The Kier molecular flexibility index (Phi) is 6.07. The summed E-state index contributed by atoms with van der Waals surface area (Å²) in [5.74, 6) is 0.725. The van der Waals surface area contributed by atoms with Crippen LogP contribution in [0.25, 0.3) is 0 Å². The van der Waals surface area contributed by atoms with Crippen LogP contribution in [0.1, 0.15) is 17.9 Å². The summed E-state index contributed by atoms with van der Waals surface area (Å²) in [6, 6.07) is 13.3. The van der Waals surface area contributed by atoms with Crippen molar-refractivity contribution in [2.24, 2.45) is 0 Å². The van der Waals surface area contributed by atoms with Crippen LogP contribution >= 0.6 is 11.3 Å². The average molecular weight is 360 g/mol. The summed E-state index contributed by atoms with van der Waals surface area (Å²) in [7, 11) is 0. The number of hydrogen-bond acceptors (Lipinski definition) is 5. The smallest absolute Gasteiger partial charge is 0.263 e. The van der Waals surface area contributed by atoms with Crippen molar-refractivity contribution in [1.82, 2.24) is 9.80 Å². The first kappa shape index (κ1) is 17.9. The third kappa shape index (κ3) is 4.81. The summed E-state index contributed by atoms with van der Waals surface area (Å²) in [6.07, 6.45) is -0.951. The maximum absolute atomic E-state index is 12.6. The minimum Gasteiger partial charge on any atom is -0.481 e. The molecule has 1 saturated heterocycles. The molecule has 5 nitrogen and oxygen atoms in total. The van der Waals surface area contributed by atoms with Crippen molar-refractivity contribution in [3.63, 3.8) is 0 Å². The summed E-state index contributed by atoms with van der Waals surface area (Å²) in [5, 5.41) is 12.2. The number of rotatable bonds is 6. The van der Waals surface area contributed by atoms with Gasteiger partial charge in [0.1, 0.15) is 11.9 Å². The predicted molar refractivity (Wildman–Crippen MR) is 98.8 cm³/mol. The van der Waals surface area contributed by atoms with Crippen LogP contribution in [0.15, 0.2) is 47.8 Å². The Labute approximate surface area is 152 Å². The van der Waals surface area contributed by atoms with E-state index < -0.39 is 12.2 Å². The number of para-hydroxylation sites is 1. The summed E-state index contributed by atoms with van der Waals surface area (Å²) >= 11 is 1.57. The maximum Gasteiger partial charge on any atom is 0.263 e. The first-order valence-corrected chi connectivity index (χ1v) is 9.46. The van der Waals surface area contributed by atoms with E-state index in [1.807, 2.05) is 52.7 Å². The fourth-order valence-corrected chi connectivity index (χ4v) is 3.68. The molecule has 1 aromatic carbocycles. The fraction of sp³-hybridized carbons (Fsp3) is 0.421. The van der Waals surface area contributed by atoms with Gasteiger partial charge in [-0.1, -0.05) is 24.3 Å². The molecule has 1 aliphatic rings. The molecule has 0 bridgehead atoms. The van der Waals surface area contributed by atoms with E-state index in [9.17, 15) is 9.90 Å². The normalized spacial score (nSPS) is 17.9. The largest absolute Gasteiger partial charge is 0.481 e. The Bertz CT molecular complexity index is 655. The summed E-state index contributed by atoms with van der Waals surface area (Å²) in [6.45, 7) is 5.27.